The molecule has 0 spiro atoms. The number of carboxylic acid groups (broad SMARTS) is 2. The van der Waals surface area contributed by atoms with Gasteiger partial charge in [-0.25, -0.2) is 9.79 Å². The van der Waals surface area contributed by atoms with Crippen molar-refractivity contribution in [3.8, 4) is 0 Å². The van der Waals surface area contributed by atoms with Gasteiger partial charge in [-0.05, 0) is 24.6 Å². The molecule has 11 nitrogen and oxygen atoms in total. The van der Waals surface area contributed by atoms with Gasteiger partial charge < -0.3 is 32.3 Å². The highest BCUT2D eigenvalue weighted by atomic mass is 16.4. The Balaban J connectivity index is 2.60. The van der Waals surface area contributed by atoms with Crippen LogP contribution in [-0.2, 0) is 14.4 Å². The molecule has 11 heteroatoms. The first-order valence-corrected chi connectivity index (χ1v) is 7.41. The smallest absolute Gasteiger partial charge is 0.326 e. The summed E-state index contributed by atoms with van der Waals surface area (Å²) >= 11 is 0. The van der Waals surface area contributed by atoms with Crippen LogP contribution in [0.4, 0.5) is 5.69 Å². The van der Waals surface area contributed by atoms with E-state index < -0.39 is 42.8 Å². The molecule has 0 heterocycles. The normalized spacial score (nSPS) is 11.1. The molecule has 1 unspecified atom stereocenters. The van der Waals surface area contributed by atoms with Crippen molar-refractivity contribution in [1.82, 2.24) is 10.6 Å². The Labute approximate surface area is 148 Å². The molecule has 1 aromatic rings. The van der Waals surface area contributed by atoms with Gasteiger partial charge in [-0.1, -0.05) is 6.07 Å². The molecule has 0 aliphatic rings. The number of aliphatic carboxylic acids is 2. The molecule has 1 rings (SSSR count). The van der Waals surface area contributed by atoms with Gasteiger partial charge in [0.2, 0.25) is 5.91 Å². The quantitative estimate of drug-likeness (QED) is 0.230. The van der Waals surface area contributed by atoms with Crippen molar-refractivity contribution in [3.63, 3.8) is 0 Å². The van der Waals surface area contributed by atoms with Crippen molar-refractivity contribution in [3.05, 3.63) is 29.8 Å². The Bertz CT molecular complexity index is 729. The summed E-state index contributed by atoms with van der Waals surface area (Å²) in [6, 6.07) is 4.64. The standard InChI is InChI=1S/C15H19N5O6/c16-15(17)19-9-3-1-2-8(6-9)13(24)18-7-11(21)20-10(14(25)26)4-5-12(22)23/h1-3,6,10H,4-5,7H2,(H,18,24)(H,20,21)(H,22,23)(H,25,26)(H4,16,17,19). The molecular weight excluding hydrogens is 346 g/mol. The minimum absolute atomic E-state index is 0.178. The Morgan fingerprint density at radius 1 is 1.15 bits per heavy atom. The van der Waals surface area contributed by atoms with Crippen LogP contribution in [0.25, 0.3) is 0 Å². The van der Waals surface area contributed by atoms with Gasteiger partial charge >= 0.3 is 11.9 Å². The number of hydrogen-bond acceptors (Lipinski definition) is 5. The molecule has 0 aliphatic heterocycles. The third-order valence-corrected chi connectivity index (χ3v) is 3.06. The number of nitrogens with two attached hydrogens (primary N) is 2. The minimum Gasteiger partial charge on any atom is -0.481 e. The van der Waals surface area contributed by atoms with Gasteiger partial charge in [0.25, 0.3) is 5.91 Å². The Hall–Kier alpha value is -3.63. The number of nitrogens with zero attached hydrogens (tertiary/aromatic N) is 1. The summed E-state index contributed by atoms with van der Waals surface area (Å²) in [4.78, 5) is 49.1. The molecule has 8 N–H and O–H groups in total. The third-order valence-electron chi connectivity index (χ3n) is 3.06. The van der Waals surface area contributed by atoms with Crippen LogP contribution in [-0.4, -0.2) is 52.5 Å². The average molecular weight is 365 g/mol. The van der Waals surface area contributed by atoms with Gasteiger partial charge in [-0.3, -0.25) is 14.4 Å². The fraction of sp³-hybridized carbons (Fsp3) is 0.267. The number of carbonyl (C=O) groups is 4. The zero-order valence-electron chi connectivity index (χ0n) is 13.6. The SMILES string of the molecule is NC(N)=Nc1cccc(C(=O)NCC(=O)NC(CCC(=O)O)C(=O)O)c1. The fourth-order valence-electron chi connectivity index (χ4n) is 1.90. The fourth-order valence-corrected chi connectivity index (χ4v) is 1.90. The van der Waals surface area contributed by atoms with Gasteiger partial charge in [0.05, 0.1) is 12.2 Å². The van der Waals surface area contributed by atoms with Crippen molar-refractivity contribution in [1.29, 1.82) is 0 Å². The number of benzene rings is 1. The molecule has 140 valence electrons. The highest BCUT2D eigenvalue weighted by Gasteiger charge is 2.21. The second-order valence-corrected chi connectivity index (χ2v) is 5.16. The molecule has 1 aromatic carbocycles. The van der Waals surface area contributed by atoms with E-state index in [1.807, 2.05) is 0 Å². The van der Waals surface area contributed by atoms with Crippen molar-refractivity contribution in [2.45, 2.75) is 18.9 Å². The van der Waals surface area contributed by atoms with Crippen LogP contribution in [0.3, 0.4) is 0 Å². The first-order valence-electron chi connectivity index (χ1n) is 7.41. The van der Waals surface area contributed by atoms with E-state index >= 15 is 0 Å². The number of carboxylic acids is 2. The minimum atomic E-state index is -1.36. The molecular formula is C15H19N5O6. The number of nitrogens with one attached hydrogen (secondary N) is 2. The Kier molecular flexibility index (Phi) is 7.55. The molecule has 0 aromatic heterocycles. The Morgan fingerprint density at radius 2 is 1.85 bits per heavy atom. The van der Waals surface area contributed by atoms with Crippen LogP contribution in [0.2, 0.25) is 0 Å². The highest BCUT2D eigenvalue weighted by Crippen LogP contribution is 2.13. The molecule has 1 atom stereocenters. The van der Waals surface area contributed by atoms with Gasteiger partial charge in [0.1, 0.15) is 6.04 Å². The summed E-state index contributed by atoms with van der Waals surface area (Å²) in [7, 11) is 0. The van der Waals surface area contributed by atoms with E-state index in [0.717, 1.165) is 0 Å². The molecule has 0 saturated carbocycles. The van der Waals surface area contributed by atoms with Crippen LogP contribution in [0.15, 0.2) is 29.3 Å². The van der Waals surface area contributed by atoms with Crippen molar-refractivity contribution >= 4 is 35.4 Å². The molecule has 0 saturated heterocycles. The van der Waals surface area contributed by atoms with E-state index in [1.165, 1.54) is 12.1 Å². The van der Waals surface area contributed by atoms with Crippen LogP contribution in [0, 0.1) is 0 Å². The maximum Gasteiger partial charge on any atom is 0.326 e. The van der Waals surface area contributed by atoms with E-state index in [9.17, 15) is 19.2 Å². The summed E-state index contributed by atoms with van der Waals surface area (Å²) in [6.07, 6.45) is -0.688. The maximum atomic E-state index is 12.0. The lowest BCUT2D eigenvalue weighted by molar-refractivity contribution is -0.142. The number of hydrogen-bond donors (Lipinski definition) is 6. The van der Waals surface area contributed by atoms with Crippen molar-refractivity contribution < 1.29 is 29.4 Å². The van der Waals surface area contributed by atoms with E-state index in [-0.39, 0.29) is 17.9 Å². The zero-order valence-corrected chi connectivity index (χ0v) is 13.6. The number of rotatable bonds is 9. The van der Waals surface area contributed by atoms with Crippen molar-refractivity contribution in [2.24, 2.45) is 16.5 Å². The van der Waals surface area contributed by atoms with Crippen LogP contribution in [0.1, 0.15) is 23.2 Å². The molecule has 2 amide bonds. The second kappa shape index (κ2) is 9.61. The average Bonchev–Trinajstić information content (AvgIpc) is 2.55. The summed E-state index contributed by atoms with van der Waals surface area (Å²) in [5.74, 6) is -4.08. The first kappa shape index (κ1) is 20.4. The van der Waals surface area contributed by atoms with Crippen LogP contribution in [0.5, 0.6) is 0 Å². The highest BCUT2D eigenvalue weighted by molar-refractivity contribution is 5.97. The zero-order chi connectivity index (χ0) is 19.7. The lowest BCUT2D eigenvalue weighted by Crippen LogP contribution is -2.45. The molecule has 0 fully saturated rings. The molecule has 0 bridgehead atoms. The number of carbonyl (C=O) groups excluding carboxylic acids is 2. The molecule has 26 heavy (non-hydrogen) atoms. The summed E-state index contributed by atoms with van der Waals surface area (Å²) in [5, 5.41) is 22.0. The second-order valence-electron chi connectivity index (χ2n) is 5.16. The van der Waals surface area contributed by atoms with Crippen molar-refractivity contribution in [2.75, 3.05) is 6.54 Å². The first-order chi connectivity index (χ1) is 12.2. The van der Waals surface area contributed by atoms with Crippen LogP contribution >= 0.6 is 0 Å². The van der Waals surface area contributed by atoms with Gasteiger partial charge in [0.15, 0.2) is 5.96 Å². The van der Waals surface area contributed by atoms with E-state index in [2.05, 4.69) is 15.6 Å². The monoisotopic (exact) mass is 365 g/mol. The van der Waals surface area contributed by atoms with E-state index in [0.29, 0.717) is 5.69 Å². The molecule has 0 aliphatic carbocycles. The van der Waals surface area contributed by atoms with Crippen LogP contribution < -0.4 is 22.1 Å². The number of guanidine groups is 1. The summed E-state index contributed by atoms with van der Waals surface area (Å²) in [5.41, 5.74) is 11.0. The Morgan fingerprint density at radius 3 is 2.42 bits per heavy atom. The topological polar surface area (TPSA) is 197 Å². The predicted octanol–water partition coefficient (Wildman–Crippen LogP) is -1.24. The van der Waals surface area contributed by atoms with E-state index in [1.54, 1.807) is 12.1 Å². The van der Waals surface area contributed by atoms with E-state index in [4.69, 9.17) is 21.7 Å². The number of aliphatic imine (C=N–C) groups is 1. The summed E-state index contributed by atoms with van der Waals surface area (Å²) in [6.45, 7) is -0.484. The maximum absolute atomic E-state index is 12.0. The lowest BCUT2D eigenvalue weighted by Gasteiger charge is -2.14. The van der Waals surface area contributed by atoms with Gasteiger partial charge in [-0.15, -0.1) is 0 Å². The lowest BCUT2D eigenvalue weighted by atomic mass is 10.1. The summed E-state index contributed by atoms with van der Waals surface area (Å²) < 4.78 is 0. The van der Waals surface area contributed by atoms with Gasteiger partial charge in [-0.2, -0.15) is 0 Å². The third kappa shape index (κ3) is 7.29. The largest absolute Gasteiger partial charge is 0.481 e. The van der Waals surface area contributed by atoms with Gasteiger partial charge in [0, 0.05) is 12.0 Å². The molecule has 0 radical (unpaired) electrons. The predicted molar refractivity (Wildman–Crippen MR) is 90.7 cm³/mol. The number of amides is 2.